The molecular formula is C18H19ClFNO4S2. The van der Waals surface area contributed by atoms with Crippen LogP contribution in [0.5, 0.6) is 0 Å². The third-order valence-corrected chi connectivity index (χ3v) is 8.99. The van der Waals surface area contributed by atoms with E-state index in [1.165, 1.54) is 12.1 Å². The van der Waals surface area contributed by atoms with Crippen LogP contribution in [0.3, 0.4) is 0 Å². The normalized spacial score (nSPS) is 22.0. The molecule has 0 spiro atoms. The first-order valence-electron chi connectivity index (χ1n) is 8.35. The molecule has 1 fully saturated rings. The highest BCUT2D eigenvalue weighted by Gasteiger charge is 2.45. The van der Waals surface area contributed by atoms with Crippen molar-refractivity contribution in [3.63, 3.8) is 0 Å². The molecule has 1 heterocycles. The van der Waals surface area contributed by atoms with Crippen LogP contribution in [0.4, 0.5) is 4.39 Å². The molecule has 0 amide bonds. The van der Waals surface area contributed by atoms with E-state index in [4.69, 9.17) is 11.6 Å². The van der Waals surface area contributed by atoms with E-state index in [1.807, 2.05) is 12.1 Å². The minimum Gasteiger partial charge on any atom is -0.311 e. The zero-order valence-corrected chi connectivity index (χ0v) is 16.7. The molecule has 5 nitrogen and oxygen atoms in total. The van der Waals surface area contributed by atoms with E-state index in [2.05, 4.69) is 5.32 Å². The average molecular weight is 432 g/mol. The van der Waals surface area contributed by atoms with Gasteiger partial charge in [0.2, 0.25) is 0 Å². The van der Waals surface area contributed by atoms with Gasteiger partial charge in [0.25, 0.3) is 0 Å². The van der Waals surface area contributed by atoms with Gasteiger partial charge in [-0.3, -0.25) is 0 Å². The largest absolute Gasteiger partial charge is 0.311 e. The van der Waals surface area contributed by atoms with Crippen molar-refractivity contribution in [2.24, 2.45) is 0 Å². The molecule has 0 aliphatic carbocycles. The van der Waals surface area contributed by atoms with Crippen molar-refractivity contribution in [3.05, 3.63) is 64.9 Å². The fourth-order valence-electron chi connectivity index (χ4n) is 3.16. The van der Waals surface area contributed by atoms with E-state index in [-0.39, 0.29) is 10.6 Å². The van der Waals surface area contributed by atoms with Crippen molar-refractivity contribution in [1.82, 2.24) is 5.32 Å². The highest BCUT2D eigenvalue weighted by Crippen LogP contribution is 2.26. The summed E-state index contributed by atoms with van der Waals surface area (Å²) in [5, 5.41) is 2.60. The molecule has 2 aromatic carbocycles. The summed E-state index contributed by atoms with van der Waals surface area (Å²) >= 11 is 5.85. The maximum atomic E-state index is 13.1. The zero-order valence-electron chi connectivity index (χ0n) is 14.3. The van der Waals surface area contributed by atoms with Gasteiger partial charge in [-0.05, 0) is 54.9 Å². The molecule has 1 aliphatic heterocycles. The summed E-state index contributed by atoms with van der Waals surface area (Å²) in [4.78, 5) is -0.0736. The highest BCUT2D eigenvalue weighted by molar-refractivity contribution is 7.96. The van der Waals surface area contributed by atoms with Gasteiger partial charge in [0.15, 0.2) is 19.7 Å². The number of hydrogen-bond donors (Lipinski definition) is 1. The molecule has 1 saturated heterocycles. The molecule has 2 aromatic rings. The predicted octanol–water partition coefficient (Wildman–Crippen LogP) is 2.25. The lowest BCUT2D eigenvalue weighted by molar-refractivity contribution is 0.528. The molecule has 0 aromatic heterocycles. The topological polar surface area (TPSA) is 80.3 Å². The van der Waals surface area contributed by atoms with Crippen LogP contribution in [0.15, 0.2) is 53.4 Å². The Bertz CT molecular complexity index is 1010. The first kappa shape index (κ1) is 20.3. The summed E-state index contributed by atoms with van der Waals surface area (Å²) in [5.74, 6) is -1.23. The summed E-state index contributed by atoms with van der Waals surface area (Å²) in [6.45, 7) is 0.428. The number of hydrogen-bond acceptors (Lipinski definition) is 5. The molecule has 9 heteroatoms. The maximum Gasteiger partial charge on any atom is 0.183 e. The van der Waals surface area contributed by atoms with Crippen molar-refractivity contribution < 1.29 is 21.2 Å². The zero-order chi connectivity index (χ0) is 19.7. The summed E-state index contributed by atoms with van der Waals surface area (Å²) in [7, 11) is -7.38. The van der Waals surface area contributed by atoms with Gasteiger partial charge in [0.05, 0.1) is 21.7 Å². The van der Waals surface area contributed by atoms with Gasteiger partial charge < -0.3 is 5.32 Å². The first-order chi connectivity index (χ1) is 12.7. The van der Waals surface area contributed by atoms with Gasteiger partial charge in [-0.25, -0.2) is 21.2 Å². The van der Waals surface area contributed by atoms with Crippen molar-refractivity contribution in [3.8, 4) is 0 Å². The molecule has 0 radical (unpaired) electrons. The second-order valence-corrected chi connectivity index (χ2v) is 11.3. The fourth-order valence-corrected chi connectivity index (χ4v) is 8.01. The Labute approximate surface area is 163 Å². The first-order valence-corrected chi connectivity index (χ1v) is 12.1. The van der Waals surface area contributed by atoms with Crippen LogP contribution >= 0.6 is 11.6 Å². The third-order valence-electron chi connectivity index (χ3n) is 4.57. The van der Waals surface area contributed by atoms with Crippen LogP contribution < -0.4 is 5.32 Å². The van der Waals surface area contributed by atoms with Crippen molar-refractivity contribution >= 4 is 31.3 Å². The molecule has 0 bridgehead atoms. The Morgan fingerprint density at radius 1 is 1.04 bits per heavy atom. The van der Waals surface area contributed by atoms with Crippen LogP contribution in [0.1, 0.15) is 5.56 Å². The summed E-state index contributed by atoms with van der Waals surface area (Å²) in [6, 6.07) is 11.0. The SMILES string of the molecule is O=S1(=O)CC(NCCc2ccc(Cl)cc2)C(S(=O)(=O)c2ccc(F)cc2)C1. The Kier molecular flexibility index (Phi) is 5.90. The highest BCUT2D eigenvalue weighted by atomic mass is 35.5. The Balaban J connectivity index is 1.74. The monoisotopic (exact) mass is 431 g/mol. The number of benzene rings is 2. The predicted molar refractivity (Wildman–Crippen MR) is 103 cm³/mol. The Morgan fingerprint density at radius 3 is 2.30 bits per heavy atom. The van der Waals surface area contributed by atoms with Crippen molar-refractivity contribution in [1.29, 1.82) is 0 Å². The molecule has 146 valence electrons. The quantitative estimate of drug-likeness (QED) is 0.709. The molecule has 2 atom stereocenters. The van der Waals surface area contributed by atoms with Crippen LogP contribution in [-0.2, 0) is 26.1 Å². The molecule has 1 aliphatic rings. The van der Waals surface area contributed by atoms with Gasteiger partial charge in [0, 0.05) is 11.1 Å². The minimum absolute atomic E-state index is 0.0736. The summed E-state index contributed by atoms with van der Waals surface area (Å²) in [6.07, 6.45) is 0.608. The lowest BCUT2D eigenvalue weighted by atomic mass is 10.1. The van der Waals surface area contributed by atoms with E-state index in [1.54, 1.807) is 12.1 Å². The molecule has 27 heavy (non-hydrogen) atoms. The molecule has 2 unspecified atom stereocenters. The lowest BCUT2D eigenvalue weighted by Crippen LogP contribution is -2.44. The second-order valence-electron chi connectivity index (χ2n) is 6.55. The van der Waals surface area contributed by atoms with Crippen LogP contribution in [0.25, 0.3) is 0 Å². The smallest absolute Gasteiger partial charge is 0.183 e. The van der Waals surface area contributed by atoms with Gasteiger partial charge in [-0.1, -0.05) is 23.7 Å². The minimum atomic E-state index is -3.90. The standard InChI is InChI=1S/C18H19ClFNO4S2/c19-14-3-1-13(2-4-14)9-10-21-17-11-26(22,23)12-18(17)27(24,25)16-7-5-15(20)6-8-16/h1-8,17-18,21H,9-12H2. The molecule has 0 saturated carbocycles. The Hall–Kier alpha value is -1.48. The lowest BCUT2D eigenvalue weighted by Gasteiger charge is -2.20. The van der Waals surface area contributed by atoms with Crippen LogP contribution in [0.2, 0.25) is 5.02 Å². The third kappa shape index (κ3) is 4.87. The average Bonchev–Trinajstić information content (AvgIpc) is 2.92. The van der Waals surface area contributed by atoms with E-state index in [9.17, 15) is 21.2 Å². The van der Waals surface area contributed by atoms with Gasteiger partial charge in [-0.15, -0.1) is 0 Å². The van der Waals surface area contributed by atoms with Gasteiger partial charge >= 0.3 is 0 Å². The van der Waals surface area contributed by atoms with Crippen molar-refractivity contribution in [2.75, 3.05) is 18.1 Å². The van der Waals surface area contributed by atoms with Gasteiger partial charge in [0.1, 0.15) is 5.82 Å². The summed E-state index contributed by atoms with van der Waals surface area (Å²) < 4.78 is 63.0. The van der Waals surface area contributed by atoms with E-state index >= 15 is 0 Å². The second kappa shape index (κ2) is 7.87. The Morgan fingerprint density at radius 2 is 1.67 bits per heavy atom. The van der Waals surface area contributed by atoms with Crippen LogP contribution in [0, 0.1) is 5.82 Å². The van der Waals surface area contributed by atoms with E-state index < -0.39 is 42.5 Å². The van der Waals surface area contributed by atoms with E-state index in [0.717, 1.165) is 17.7 Å². The molecular weight excluding hydrogens is 413 g/mol. The summed E-state index contributed by atoms with van der Waals surface area (Å²) in [5.41, 5.74) is 1.01. The fraction of sp³-hybridized carbons (Fsp3) is 0.333. The number of halogens is 2. The van der Waals surface area contributed by atoms with Crippen LogP contribution in [-0.4, -0.2) is 46.2 Å². The maximum absolute atomic E-state index is 13.1. The van der Waals surface area contributed by atoms with Gasteiger partial charge in [-0.2, -0.15) is 0 Å². The van der Waals surface area contributed by atoms with E-state index in [0.29, 0.717) is 18.0 Å². The van der Waals surface area contributed by atoms with Crippen molar-refractivity contribution in [2.45, 2.75) is 22.6 Å². The molecule has 1 N–H and O–H groups in total. The number of sulfone groups is 2. The molecule has 3 rings (SSSR count). The number of rotatable bonds is 6. The number of nitrogens with one attached hydrogen (secondary N) is 1.